The maximum absolute atomic E-state index is 10.9. The van der Waals surface area contributed by atoms with Crippen LogP contribution in [0.5, 0.6) is 0 Å². The van der Waals surface area contributed by atoms with Crippen molar-refractivity contribution in [2.24, 2.45) is 0 Å². The van der Waals surface area contributed by atoms with Crippen LogP contribution in [-0.2, 0) is 5.41 Å². The number of nitrogens with zero attached hydrogens (tertiary/aromatic N) is 1. The first-order chi connectivity index (χ1) is 9.77. The van der Waals surface area contributed by atoms with Crippen LogP contribution in [0.25, 0.3) is 0 Å². The van der Waals surface area contributed by atoms with Crippen LogP contribution < -0.4 is 11.1 Å². The first kappa shape index (κ1) is 14.8. The molecule has 0 bridgehead atoms. The van der Waals surface area contributed by atoms with Gasteiger partial charge in [0.2, 0.25) is 0 Å². The second-order valence-electron chi connectivity index (χ2n) is 5.99. The summed E-state index contributed by atoms with van der Waals surface area (Å²) in [6, 6.07) is 12.4. The Bertz CT molecular complexity index is 675. The smallest absolute Gasteiger partial charge is 0.273 e. The lowest BCUT2D eigenvalue weighted by atomic mass is 9.86. The number of para-hydroxylation sites is 1. The number of benzene rings is 2. The van der Waals surface area contributed by atoms with E-state index in [0.29, 0.717) is 11.4 Å². The third kappa shape index (κ3) is 3.51. The highest BCUT2D eigenvalue weighted by Gasteiger charge is 2.18. The number of hydrogen-bond acceptors (Lipinski definition) is 4. The fraction of sp³-hybridized carbons (Fsp3) is 0.250. The van der Waals surface area contributed by atoms with E-state index in [1.165, 1.54) is 12.1 Å². The summed E-state index contributed by atoms with van der Waals surface area (Å²) in [5.41, 5.74) is 8.70. The summed E-state index contributed by atoms with van der Waals surface area (Å²) >= 11 is 0. The molecular formula is C16H19N3O2. The molecule has 0 aliphatic rings. The zero-order chi connectivity index (χ0) is 15.6. The molecule has 0 atom stereocenters. The van der Waals surface area contributed by atoms with E-state index in [2.05, 4.69) is 26.1 Å². The van der Waals surface area contributed by atoms with E-state index in [0.717, 1.165) is 11.3 Å². The molecule has 2 aromatic carbocycles. The van der Waals surface area contributed by atoms with Crippen LogP contribution in [0.15, 0.2) is 42.5 Å². The van der Waals surface area contributed by atoms with Gasteiger partial charge in [-0.25, -0.2) is 0 Å². The van der Waals surface area contributed by atoms with E-state index in [4.69, 9.17) is 5.73 Å². The van der Waals surface area contributed by atoms with Crippen molar-refractivity contribution < 1.29 is 4.92 Å². The molecule has 3 N–H and O–H groups in total. The van der Waals surface area contributed by atoms with Gasteiger partial charge in [0.15, 0.2) is 0 Å². The van der Waals surface area contributed by atoms with Crippen molar-refractivity contribution >= 4 is 22.7 Å². The van der Waals surface area contributed by atoms with E-state index in [9.17, 15) is 10.1 Å². The summed E-state index contributed by atoms with van der Waals surface area (Å²) in [4.78, 5) is 10.5. The van der Waals surface area contributed by atoms with Gasteiger partial charge in [-0.3, -0.25) is 10.1 Å². The summed E-state index contributed by atoms with van der Waals surface area (Å²) in [7, 11) is 0. The quantitative estimate of drug-likeness (QED) is 0.502. The summed E-state index contributed by atoms with van der Waals surface area (Å²) in [6.07, 6.45) is 0. The van der Waals surface area contributed by atoms with E-state index >= 15 is 0 Å². The predicted molar refractivity (Wildman–Crippen MR) is 85.9 cm³/mol. The Kier molecular flexibility index (Phi) is 3.84. The monoisotopic (exact) mass is 285 g/mol. The zero-order valence-corrected chi connectivity index (χ0v) is 12.4. The van der Waals surface area contributed by atoms with Gasteiger partial charge in [-0.05, 0) is 23.1 Å². The van der Waals surface area contributed by atoms with Crippen molar-refractivity contribution in [1.29, 1.82) is 0 Å². The molecule has 0 fully saturated rings. The highest BCUT2D eigenvalue weighted by atomic mass is 16.6. The fourth-order valence-electron chi connectivity index (χ4n) is 2.21. The van der Waals surface area contributed by atoms with Crippen LogP contribution in [0.1, 0.15) is 26.3 Å². The lowest BCUT2D eigenvalue weighted by molar-refractivity contribution is -0.384. The largest absolute Gasteiger partial charge is 0.398 e. The van der Waals surface area contributed by atoms with Crippen LogP contribution in [0.3, 0.4) is 0 Å². The summed E-state index contributed by atoms with van der Waals surface area (Å²) < 4.78 is 0. The molecule has 2 rings (SSSR count). The average Bonchev–Trinajstić information content (AvgIpc) is 2.37. The van der Waals surface area contributed by atoms with Crippen LogP contribution in [0.4, 0.5) is 22.7 Å². The first-order valence-corrected chi connectivity index (χ1v) is 6.69. The molecule has 0 saturated carbocycles. The maximum atomic E-state index is 10.9. The molecule has 21 heavy (non-hydrogen) atoms. The number of non-ortho nitro benzene ring substituents is 1. The number of nitrogens with two attached hydrogens (primary N) is 1. The first-order valence-electron chi connectivity index (χ1n) is 6.69. The maximum Gasteiger partial charge on any atom is 0.273 e. The molecule has 110 valence electrons. The van der Waals surface area contributed by atoms with Crippen molar-refractivity contribution in [3.05, 3.63) is 58.1 Å². The molecule has 0 saturated heterocycles. The molecule has 0 aliphatic heterocycles. The lowest BCUT2D eigenvalue weighted by Crippen LogP contribution is -2.13. The zero-order valence-electron chi connectivity index (χ0n) is 12.4. The highest BCUT2D eigenvalue weighted by Crippen LogP contribution is 2.32. The number of nitro benzene ring substituents is 1. The Hall–Kier alpha value is -2.56. The third-order valence-electron chi connectivity index (χ3n) is 3.17. The molecule has 5 nitrogen and oxygen atoms in total. The van der Waals surface area contributed by atoms with E-state index < -0.39 is 4.92 Å². The molecule has 0 amide bonds. The summed E-state index contributed by atoms with van der Waals surface area (Å²) in [5.74, 6) is 0. The highest BCUT2D eigenvalue weighted by molar-refractivity contribution is 5.70. The summed E-state index contributed by atoms with van der Waals surface area (Å²) in [5, 5.41) is 14.1. The van der Waals surface area contributed by atoms with Crippen LogP contribution >= 0.6 is 0 Å². The van der Waals surface area contributed by atoms with Gasteiger partial charge >= 0.3 is 0 Å². The molecular weight excluding hydrogens is 266 g/mol. The van der Waals surface area contributed by atoms with Crippen molar-refractivity contribution in [2.75, 3.05) is 11.1 Å². The Morgan fingerprint density at radius 2 is 1.81 bits per heavy atom. The minimum atomic E-state index is -0.447. The van der Waals surface area contributed by atoms with Gasteiger partial charge in [0.25, 0.3) is 5.69 Å². The number of nitro groups is 1. The Labute approximate surface area is 123 Å². The fourth-order valence-corrected chi connectivity index (χ4v) is 2.21. The van der Waals surface area contributed by atoms with Gasteiger partial charge in [0.1, 0.15) is 0 Å². The van der Waals surface area contributed by atoms with E-state index in [-0.39, 0.29) is 11.1 Å². The Balaban J connectivity index is 2.42. The van der Waals surface area contributed by atoms with Gasteiger partial charge in [0, 0.05) is 29.2 Å². The molecule has 5 heteroatoms. The number of nitrogens with one attached hydrogen (secondary N) is 1. The van der Waals surface area contributed by atoms with Crippen molar-refractivity contribution in [3.8, 4) is 0 Å². The van der Waals surface area contributed by atoms with E-state index in [1.54, 1.807) is 6.07 Å². The van der Waals surface area contributed by atoms with Gasteiger partial charge in [-0.15, -0.1) is 0 Å². The second kappa shape index (κ2) is 5.44. The molecule has 2 aromatic rings. The summed E-state index contributed by atoms with van der Waals surface area (Å²) in [6.45, 7) is 6.36. The van der Waals surface area contributed by atoms with Gasteiger partial charge < -0.3 is 11.1 Å². The Morgan fingerprint density at radius 3 is 2.43 bits per heavy atom. The second-order valence-corrected chi connectivity index (χ2v) is 5.99. The van der Waals surface area contributed by atoms with Gasteiger partial charge in [-0.1, -0.05) is 39.0 Å². The normalized spacial score (nSPS) is 11.2. The van der Waals surface area contributed by atoms with Crippen LogP contribution in [-0.4, -0.2) is 4.92 Å². The minimum Gasteiger partial charge on any atom is -0.398 e. The van der Waals surface area contributed by atoms with Crippen molar-refractivity contribution in [1.82, 2.24) is 0 Å². The molecule has 0 heterocycles. The van der Waals surface area contributed by atoms with Crippen LogP contribution in [0, 0.1) is 10.1 Å². The minimum absolute atomic E-state index is 0.0225. The standard InChI is InChI=1S/C16H19N3O2/c1-16(2,3)14-6-4-5-7-15(14)18-12-8-11(17)9-13(10-12)19(20)21/h4-10,18H,17H2,1-3H3. The molecule has 0 unspecified atom stereocenters. The number of rotatable bonds is 3. The van der Waals surface area contributed by atoms with Gasteiger partial charge in [-0.2, -0.15) is 0 Å². The van der Waals surface area contributed by atoms with Crippen LogP contribution in [0.2, 0.25) is 0 Å². The lowest BCUT2D eigenvalue weighted by Gasteiger charge is -2.23. The predicted octanol–water partition coefficient (Wildman–Crippen LogP) is 4.22. The molecule has 0 spiro atoms. The molecule has 0 aromatic heterocycles. The SMILES string of the molecule is CC(C)(C)c1ccccc1Nc1cc(N)cc([N+](=O)[O-])c1. The van der Waals surface area contributed by atoms with Crippen molar-refractivity contribution in [3.63, 3.8) is 0 Å². The third-order valence-corrected chi connectivity index (χ3v) is 3.17. The average molecular weight is 285 g/mol. The van der Waals surface area contributed by atoms with Crippen molar-refractivity contribution in [2.45, 2.75) is 26.2 Å². The number of nitrogen functional groups attached to an aromatic ring is 1. The Morgan fingerprint density at radius 1 is 1.14 bits per heavy atom. The number of hydrogen-bond donors (Lipinski definition) is 2. The molecule has 0 radical (unpaired) electrons. The number of anilines is 3. The molecule has 0 aliphatic carbocycles. The topological polar surface area (TPSA) is 81.2 Å². The van der Waals surface area contributed by atoms with E-state index in [1.807, 2.05) is 24.3 Å². The van der Waals surface area contributed by atoms with Gasteiger partial charge in [0.05, 0.1) is 4.92 Å².